The lowest BCUT2D eigenvalue weighted by atomic mass is 10.2. The molecule has 0 amide bonds. The topological polar surface area (TPSA) is 44.5 Å². The Bertz CT molecular complexity index is 556. The van der Waals surface area contributed by atoms with E-state index in [9.17, 15) is 0 Å². The zero-order chi connectivity index (χ0) is 9.42. The first-order chi connectivity index (χ1) is 6.22. The van der Waals surface area contributed by atoms with E-state index in [0.717, 1.165) is 10.9 Å². The molecule has 13 heavy (non-hydrogen) atoms. The normalized spacial score (nSPS) is 10.2. The van der Waals surface area contributed by atoms with Gasteiger partial charge in [-0.05, 0) is 18.2 Å². The van der Waals surface area contributed by atoms with Crippen molar-refractivity contribution in [2.24, 2.45) is 7.05 Å². The van der Waals surface area contributed by atoms with Gasteiger partial charge in [0, 0.05) is 12.4 Å². The monoisotopic (exact) mass is 189 g/mol. The molecule has 2 rings (SSSR count). The van der Waals surface area contributed by atoms with Crippen LogP contribution in [0.15, 0.2) is 18.2 Å². The summed E-state index contributed by atoms with van der Waals surface area (Å²) in [5.41, 5.74) is 1.65. The van der Waals surface area contributed by atoms with E-state index in [0.29, 0.717) is 10.2 Å². The largest absolute Gasteiger partial charge is 0.289 e. The molecule has 1 aromatic carbocycles. The zero-order valence-electron chi connectivity index (χ0n) is 7.03. The molecule has 2 aromatic rings. The first-order valence-electron chi connectivity index (χ1n) is 3.81. The van der Waals surface area contributed by atoms with Gasteiger partial charge in [-0.15, -0.1) is 0 Å². The molecule has 3 nitrogen and oxygen atoms in total. The minimum atomic E-state index is 0.637. The number of rotatable bonds is 0. The number of aryl methyl sites for hydroxylation is 1. The summed E-state index contributed by atoms with van der Waals surface area (Å²) in [5, 5.41) is 12.6. The highest BCUT2D eigenvalue weighted by Crippen LogP contribution is 2.15. The number of benzene rings is 1. The highest BCUT2D eigenvalue weighted by atomic mass is 32.1. The number of fused-ring (bicyclic) bond motifs is 1. The molecule has 0 aliphatic heterocycles. The third kappa shape index (κ3) is 1.14. The summed E-state index contributed by atoms with van der Waals surface area (Å²) >= 11 is 5.10. The van der Waals surface area contributed by atoms with Crippen LogP contribution in [-0.4, -0.2) is 9.78 Å². The van der Waals surface area contributed by atoms with E-state index < -0.39 is 0 Å². The zero-order valence-corrected chi connectivity index (χ0v) is 7.85. The van der Waals surface area contributed by atoms with Crippen molar-refractivity contribution < 1.29 is 0 Å². The maximum absolute atomic E-state index is 8.69. The molecule has 1 aromatic heterocycles. The molecule has 0 radical (unpaired) electrons. The fourth-order valence-electron chi connectivity index (χ4n) is 1.35. The van der Waals surface area contributed by atoms with Crippen molar-refractivity contribution in [1.82, 2.24) is 9.78 Å². The van der Waals surface area contributed by atoms with Gasteiger partial charge in [-0.2, -0.15) is 5.26 Å². The minimum absolute atomic E-state index is 0.637. The number of H-pyrrole nitrogens is 1. The van der Waals surface area contributed by atoms with E-state index in [1.807, 2.05) is 17.8 Å². The van der Waals surface area contributed by atoms with Crippen molar-refractivity contribution in [1.29, 1.82) is 5.26 Å². The van der Waals surface area contributed by atoms with Gasteiger partial charge in [0.2, 0.25) is 0 Å². The van der Waals surface area contributed by atoms with Gasteiger partial charge < -0.3 is 0 Å². The molecule has 0 unspecified atom stereocenters. The number of nitrogens with one attached hydrogen (secondary N) is 1. The summed E-state index contributed by atoms with van der Waals surface area (Å²) in [4.78, 5) is 0. The Morgan fingerprint density at radius 3 is 3.00 bits per heavy atom. The van der Waals surface area contributed by atoms with Crippen LogP contribution in [0.2, 0.25) is 0 Å². The Morgan fingerprint density at radius 1 is 1.54 bits per heavy atom. The average Bonchev–Trinajstić information content (AvgIpc) is 2.42. The molecule has 64 valence electrons. The molecule has 1 N–H and O–H groups in total. The van der Waals surface area contributed by atoms with Crippen LogP contribution < -0.4 is 0 Å². The highest BCUT2D eigenvalue weighted by molar-refractivity contribution is 7.71. The fourth-order valence-corrected chi connectivity index (χ4v) is 1.65. The van der Waals surface area contributed by atoms with Crippen LogP contribution in [0.3, 0.4) is 0 Å². The quantitative estimate of drug-likeness (QED) is 0.645. The lowest BCUT2D eigenvalue weighted by Crippen LogP contribution is -1.88. The van der Waals surface area contributed by atoms with Gasteiger partial charge in [-0.3, -0.25) is 9.78 Å². The smallest absolute Gasteiger partial charge is 0.127 e. The standard InChI is InChI=1S/C9H7N3S/c1-12-8-3-2-6(5-10)4-7(8)9(13)11-12/h2-4H,1H3,(H,11,13). The number of hydrogen-bond acceptors (Lipinski definition) is 2. The average molecular weight is 189 g/mol. The maximum atomic E-state index is 8.69. The van der Waals surface area contributed by atoms with Gasteiger partial charge in [0.25, 0.3) is 0 Å². The van der Waals surface area contributed by atoms with Crippen LogP contribution >= 0.6 is 12.2 Å². The molecular weight excluding hydrogens is 182 g/mol. The van der Waals surface area contributed by atoms with Crippen molar-refractivity contribution in [2.45, 2.75) is 0 Å². The fraction of sp³-hybridized carbons (Fsp3) is 0.111. The first-order valence-corrected chi connectivity index (χ1v) is 4.22. The Kier molecular flexibility index (Phi) is 1.67. The predicted molar refractivity (Wildman–Crippen MR) is 52.8 cm³/mol. The molecule has 0 aliphatic carbocycles. The lowest BCUT2D eigenvalue weighted by Gasteiger charge is -1.93. The second-order valence-corrected chi connectivity index (χ2v) is 3.25. The van der Waals surface area contributed by atoms with E-state index >= 15 is 0 Å². The SMILES string of the molecule is Cn1[nH]c(=S)c2cc(C#N)ccc21. The van der Waals surface area contributed by atoms with E-state index in [1.165, 1.54) is 0 Å². The highest BCUT2D eigenvalue weighted by Gasteiger charge is 2.01. The number of nitrogens with zero attached hydrogens (tertiary/aromatic N) is 2. The van der Waals surface area contributed by atoms with Crippen molar-refractivity contribution in [3.8, 4) is 6.07 Å². The number of aromatic nitrogens is 2. The number of hydrogen-bond donors (Lipinski definition) is 1. The molecule has 0 aliphatic rings. The van der Waals surface area contributed by atoms with Crippen LogP contribution in [0, 0.1) is 16.0 Å². The first kappa shape index (κ1) is 8.02. The van der Waals surface area contributed by atoms with Gasteiger partial charge in [0.1, 0.15) is 4.64 Å². The maximum Gasteiger partial charge on any atom is 0.127 e. The molecule has 0 fully saturated rings. The third-order valence-corrected chi connectivity index (χ3v) is 2.31. The molecule has 0 bridgehead atoms. The molecule has 4 heteroatoms. The van der Waals surface area contributed by atoms with Crippen molar-refractivity contribution in [3.05, 3.63) is 28.4 Å². The van der Waals surface area contributed by atoms with E-state index in [1.54, 1.807) is 12.1 Å². The minimum Gasteiger partial charge on any atom is -0.289 e. The van der Waals surface area contributed by atoms with Gasteiger partial charge >= 0.3 is 0 Å². The van der Waals surface area contributed by atoms with Gasteiger partial charge in [-0.25, -0.2) is 0 Å². The van der Waals surface area contributed by atoms with Crippen LogP contribution in [0.1, 0.15) is 5.56 Å². The predicted octanol–water partition coefficient (Wildman–Crippen LogP) is 2.11. The molecular formula is C9H7N3S. The van der Waals surface area contributed by atoms with E-state index in [-0.39, 0.29) is 0 Å². The Morgan fingerprint density at radius 2 is 2.31 bits per heavy atom. The van der Waals surface area contributed by atoms with Crippen LogP contribution in [0.25, 0.3) is 10.9 Å². The van der Waals surface area contributed by atoms with E-state index in [2.05, 4.69) is 11.2 Å². The van der Waals surface area contributed by atoms with Crippen LogP contribution in [-0.2, 0) is 7.05 Å². The summed E-state index contributed by atoms with van der Waals surface area (Å²) in [6, 6.07) is 7.56. The lowest BCUT2D eigenvalue weighted by molar-refractivity contribution is 0.792. The molecule has 0 saturated carbocycles. The van der Waals surface area contributed by atoms with Gasteiger partial charge in [-0.1, -0.05) is 12.2 Å². The summed E-state index contributed by atoms with van der Waals surface area (Å²) < 4.78 is 2.52. The molecule has 0 atom stereocenters. The Balaban J connectivity index is 2.94. The summed E-state index contributed by atoms with van der Waals surface area (Å²) in [6.45, 7) is 0. The van der Waals surface area contributed by atoms with Crippen LogP contribution in [0.4, 0.5) is 0 Å². The second kappa shape index (κ2) is 2.71. The molecule has 0 saturated heterocycles. The summed E-state index contributed by atoms with van der Waals surface area (Å²) in [7, 11) is 1.89. The Labute approximate surface area is 80.2 Å². The van der Waals surface area contributed by atoms with Crippen molar-refractivity contribution in [2.75, 3.05) is 0 Å². The van der Waals surface area contributed by atoms with Crippen molar-refractivity contribution in [3.63, 3.8) is 0 Å². The summed E-state index contributed by atoms with van der Waals surface area (Å²) in [6.07, 6.45) is 0. The molecule has 0 spiro atoms. The number of aromatic amines is 1. The number of nitriles is 1. The van der Waals surface area contributed by atoms with E-state index in [4.69, 9.17) is 17.5 Å². The summed E-state index contributed by atoms with van der Waals surface area (Å²) in [5.74, 6) is 0. The van der Waals surface area contributed by atoms with Crippen LogP contribution in [0.5, 0.6) is 0 Å². The Hall–Kier alpha value is -1.60. The second-order valence-electron chi connectivity index (χ2n) is 2.84. The van der Waals surface area contributed by atoms with Gasteiger partial charge in [0.05, 0.1) is 17.1 Å². The van der Waals surface area contributed by atoms with Crippen molar-refractivity contribution >= 4 is 23.1 Å². The molecule has 1 heterocycles. The third-order valence-electron chi connectivity index (χ3n) is 2.00. The van der Waals surface area contributed by atoms with Gasteiger partial charge in [0.15, 0.2) is 0 Å².